The maximum absolute atomic E-state index is 12.8. The molecule has 0 aliphatic carbocycles. The molecule has 1 aliphatic rings. The van der Waals surface area contributed by atoms with Crippen molar-refractivity contribution >= 4 is 35.0 Å². The normalized spacial score (nSPS) is 15.7. The molecule has 0 spiro atoms. The van der Waals surface area contributed by atoms with E-state index in [2.05, 4.69) is 11.4 Å². The van der Waals surface area contributed by atoms with Crippen LogP contribution in [0.2, 0.25) is 0 Å². The first-order valence-electron chi connectivity index (χ1n) is 10.1. The maximum Gasteiger partial charge on any atom is 0.262 e. The van der Waals surface area contributed by atoms with Crippen LogP contribution in [0.15, 0.2) is 72.8 Å². The van der Waals surface area contributed by atoms with Crippen LogP contribution in [0.5, 0.6) is 5.75 Å². The van der Waals surface area contributed by atoms with E-state index in [9.17, 15) is 9.59 Å². The highest BCUT2D eigenvalue weighted by Gasteiger charge is 2.36. The summed E-state index contributed by atoms with van der Waals surface area (Å²) < 4.78 is 5.56. The Morgan fingerprint density at radius 2 is 1.81 bits per heavy atom. The second kappa shape index (κ2) is 9.27. The van der Waals surface area contributed by atoms with E-state index < -0.39 is 0 Å². The molecule has 158 valence electrons. The van der Waals surface area contributed by atoms with Crippen molar-refractivity contribution in [1.29, 1.82) is 0 Å². The number of rotatable bonds is 6. The molecule has 0 bridgehead atoms. The standard InChI is InChI=1S/C25H24N2O3S/c1-17-12-13-22(18(2)14-17)27-24(29)16-31-25(27)20-10-6-7-11-21(20)26-23(28)15-30-19-8-4-3-5-9-19/h3-14,25H,15-16H2,1-2H3,(H,26,28). The van der Waals surface area contributed by atoms with Crippen LogP contribution in [-0.4, -0.2) is 24.2 Å². The molecule has 0 aromatic heterocycles. The average Bonchev–Trinajstić information content (AvgIpc) is 3.14. The van der Waals surface area contributed by atoms with Crippen molar-refractivity contribution in [1.82, 2.24) is 0 Å². The van der Waals surface area contributed by atoms with Crippen LogP contribution in [0.4, 0.5) is 11.4 Å². The largest absolute Gasteiger partial charge is 0.484 e. The fraction of sp³-hybridized carbons (Fsp3) is 0.200. The Bertz CT molecular complexity index is 1100. The van der Waals surface area contributed by atoms with E-state index in [0.29, 0.717) is 17.2 Å². The van der Waals surface area contributed by atoms with Gasteiger partial charge in [0.2, 0.25) is 5.91 Å². The van der Waals surface area contributed by atoms with Crippen LogP contribution < -0.4 is 15.0 Å². The first kappa shape index (κ1) is 21.0. The topological polar surface area (TPSA) is 58.6 Å². The van der Waals surface area contributed by atoms with Crippen LogP contribution >= 0.6 is 11.8 Å². The van der Waals surface area contributed by atoms with E-state index in [0.717, 1.165) is 22.4 Å². The number of hydrogen-bond acceptors (Lipinski definition) is 4. The van der Waals surface area contributed by atoms with Gasteiger partial charge in [0.15, 0.2) is 6.61 Å². The van der Waals surface area contributed by atoms with Crippen molar-refractivity contribution in [3.05, 3.63) is 89.5 Å². The molecule has 3 aromatic rings. The summed E-state index contributed by atoms with van der Waals surface area (Å²) in [4.78, 5) is 27.2. The number of aryl methyl sites for hydroxylation is 2. The highest BCUT2D eigenvalue weighted by atomic mass is 32.2. The molecule has 3 aromatic carbocycles. The number of anilines is 2. The molecule has 31 heavy (non-hydrogen) atoms. The third kappa shape index (κ3) is 4.75. The molecule has 0 radical (unpaired) electrons. The predicted molar refractivity (Wildman–Crippen MR) is 126 cm³/mol. The summed E-state index contributed by atoms with van der Waals surface area (Å²) in [6.07, 6.45) is 0. The lowest BCUT2D eigenvalue weighted by Gasteiger charge is -2.27. The van der Waals surface area contributed by atoms with Crippen molar-refractivity contribution in [2.45, 2.75) is 19.2 Å². The summed E-state index contributed by atoms with van der Waals surface area (Å²) in [5.74, 6) is 0.861. The molecule has 1 unspecified atom stereocenters. The van der Waals surface area contributed by atoms with Crippen LogP contribution in [-0.2, 0) is 9.59 Å². The number of amides is 2. The van der Waals surface area contributed by atoms with Crippen LogP contribution in [0.3, 0.4) is 0 Å². The lowest BCUT2D eigenvalue weighted by molar-refractivity contribution is -0.118. The van der Waals surface area contributed by atoms with Gasteiger partial charge in [0.05, 0.1) is 5.75 Å². The highest BCUT2D eigenvalue weighted by Crippen LogP contribution is 2.45. The SMILES string of the molecule is Cc1ccc(N2C(=O)CSC2c2ccccc2NC(=O)COc2ccccc2)c(C)c1. The number of carbonyl (C=O) groups is 2. The van der Waals surface area contributed by atoms with E-state index in [4.69, 9.17) is 4.74 Å². The number of hydrogen-bond donors (Lipinski definition) is 1. The summed E-state index contributed by atoms with van der Waals surface area (Å²) in [7, 11) is 0. The molecule has 0 saturated carbocycles. The number of thioether (sulfide) groups is 1. The van der Waals surface area contributed by atoms with Crippen molar-refractivity contribution in [3.63, 3.8) is 0 Å². The molecular weight excluding hydrogens is 408 g/mol. The molecule has 1 atom stereocenters. The van der Waals surface area contributed by atoms with Gasteiger partial charge in [-0.05, 0) is 43.7 Å². The second-order valence-corrected chi connectivity index (χ2v) is 8.52. The molecule has 1 fully saturated rings. The molecule has 1 N–H and O–H groups in total. The highest BCUT2D eigenvalue weighted by molar-refractivity contribution is 8.00. The number of carbonyl (C=O) groups excluding carboxylic acids is 2. The minimum atomic E-state index is -0.247. The van der Waals surface area contributed by atoms with Crippen LogP contribution in [0.1, 0.15) is 22.1 Å². The van der Waals surface area contributed by atoms with E-state index in [1.54, 1.807) is 11.8 Å². The van der Waals surface area contributed by atoms with E-state index in [1.807, 2.05) is 85.5 Å². The van der Waals surface area contributed by atoms with Gasteiger partial charge in [0.1, 0.15) is 11.1 Å². The van der Waals surface area contributed by atoms with Gasteiger partial charge in [-0.25, -0.2) is 0 Å². The number of para-hydroxylation sites is 2. The summed E-state index contributed by atoms with van der Waals surface area (Å²) in [6, 6.07) is 22.9. The van der Waals surface area contributed by atoms with Crippen LogP contribution in [0, 0.1) is 13.8 Å². The smallest absolute Gasteiger partial charge is 0.262 e. The Labute approximate surface area is 186 Å². The van der Waals surface area contributed by atoms with Crippen molar-refractivity contribution in [2.75, 3.05) is 22.6 Å². The molecule has 6 heteroatoms. The molecule has 1 heterocycles. The summed E-state index contributed by atoms with van der Waals surface area (Å²) in [6.45, 7) is 3.97. The van der Waals surface area contributed by atoms with Gasteiger partial charge in [-0.15, -0.1) is 11.8 Å². The van der Waals surface area contributed by atoms with Gasteiger partial charge in [-0.3, -0.25) is 14.5 Å². The van der Waals surface area contributed by atoms with Crippen molar-refractivity contribution < 1.29 is 14.3 Å². The second-order valence-electron chi connectivity index (χ2n) is 7.45. The molecule has 1 aliphatic heterocycles. The lowest BCUT2D eigenvalue weighted by atomic mass is 10.1. The Balaban J connectivity index is 1.55. The summed E-state index contributed by atoms with van der Waals surface area (Å²) in [5.41, 5.74) is 4.69. The Kier molecular flexibility index (Phi) is 6.28. The summed E-state index contributed by atoms with van der Waals surface area (Å²) in [5, 5.41) is 2.75. The molecular formula is C25H24N2O3S. The number of nitrogens with one attached hydrogen (secondary N) is 1. The van der Waals surface area contributed by atoms with Crippen LogP contribution in [0.25, 0.3) is 0 Å². The van der Waals surface area contributed by atoms with Crippen molar-refractivity contribution in [3.8, 4) is 5.75 Å². The third-order valence-electron chi connectivity index (χ3n) is 5.09. The lowest BCUT2D eigenvalue weighted by Crippen LogP contribution is -2.29. The minimum Gasteiger partial charge on any atom is -0.484 e. The Hall–Kier alpha value is -3.25. The zero-order valence-corrected chi connectivity index (χ0v) is 18.3. The molecule has 2 amide bonds. The first-order chi connectivity index (χ1) is 15.0. The fourth-order valence-electron chi connectivity index (χ4n) is 3.67. The molecule has 1 saturated heterocycles. The minimum absolute atomic E-state index is 0.0653. The number of nitrogens with zero attached hydrogens (tertiary/aromatic N) is 1. The predicted octanol–water partition coefficient (Wildman–Crippen LogP) is 5.10. The zero-order valence-electron chi connectivity index (χ0n) is 17.5. The monoisotopic (exact) mass is 432 g/mol. The Morgan fingerprint density at radius 3 is 2.58 bits per heavy atom. The van der Waals surface area contributed by atoms with Gasteiger partial charge < -0.3 is 10.1 Å². The number of benzene rings is 3. The quantitative estimate of drug-likeness (QED) is 0.589. The van der Waals surface area contributed by atoms with E-state index in [-0.39, 0.29) is 23.8 Å². The van der Waals surface area contributed by atoms with Gasteiger partial charge in [-0.2, -0.15) is 0 Å². The van der Waals surface area contributed by atoms with Gasteiger partial charge in [0, 0.05) is 16.9 Å². The van der Waals surface area contributed by atoms with Crippen molar-refractivity contribution in [2.24, 2.45) is 0 Å². The maximum atomic E-state index is 12.8. The fourth-order valence-corrected chi connectivity index (χ4v) is 4.87. The van der Waals surface area contributed by atoms with Gasteiger partial charge >= 0.3 is 0 Å². The third-order valence-corrected chi connectivity index (χ3v) is 6.29. The zero-order chi connectivity index (χ0) is 21.8. The average molecular weight is 433 g/mol. The Morgan fingerprint density at radius 1 is 1.06 bits per heavy atom. The van der Waals surface area contributed by atoms with E-state index >= 15 is 0 Å². The van der Waals surface area contributed by atoms with Gasteiger partial charge in [-0.1, -0.05) is 54.1 Å². The summed E-state index contributed by atoms with van der Waals surface area (Å²) >= 11 is 1.56. The van der Waals surface area contributed by atoms with E-state index in [1.165, 1.54) is 0 Å². The van der Waals surface area contributed by atoms with Gasteiger partial charge in [0.25, 0.3) is 5.91 Å². The molecule has 5 nitrogen and oxygen atoms in total. The molecule has 4 rings (SSSR count). The first-order valence-corrected chi connectivity index (χ1v) is 11.2. The number of ether oxygens (including phenoxy) is 1.